The number of nitrogens with zero attached hydrogens (tertiary/aromatic N) is 2. The second-order valence-electron chi connectivity index (χ2n) is 11.3. The van der Waals surface area contributed by atoms with Gasteiger partial charge in [0.2, 0.25) is 5.91 Å². The Labute approximate surface area is 229 Å². The van der Waals surface area contributed by atoms with Gasteiger partial charge in [0.1, 0.15) is 11.4 Å². The van der Waals surface area contributed by atoms with Crippen LogP contribution in [0.3, 0.4) is 0 Å². The van der Waals surface area contributed by atoms with Crippen LogP contribution in [0.2, 0.25) is 5.02 Å². The Bertz CT molecular complexity index is 1620. The lowest BCUT2D eigenvalue weighted by Crippen LogP contribution is -2.47. The van der Waals surface area contributed by atoms with E-state index in [1.807, 2.05) is 20.8 Å². The van der Waals surface area contributed by atoms with Crippen LogP contribution in [0.1, 0.15) is 74.4 Å². The largest absolute Gasteiger partial charge is 0.380 e. The molecule has 0 fully saturated rings. The molecule has 3 N–H and O–H groups in total. The summed E-state index contributed by atoms with van der Waals surface area (Å²) >= 11 is 6.43. The second kappa shape index (κ2) is 9.09. The molecule has 0 spiro atoms. The number of aryl methyl sites for hydroxylation is 1. The highest BCUT2D eigenvalue weighted by molar-refractivity contribution is 6.32. The van der Waals surface area contributed by atoms with E-state index in [-0.39, 0.29) is 59.5 Å². The molecule has 1 aliphatic carbocycles. The molecule has 1 amide bonds. The van der Waals surface area contributed by atoms with Crippen molar-refractivity contribution >= 4 is 28.4 Å². The van der Waals surface area contributed by atoms with Gasteiger partial charge in [0.25, 0.3) is 5.56 Å². The van der Waals surface area contributed by atoms with Crippen LogP contribution in [0.4, 0.5) is 4.39 Å². The van der Waals surface area contributed by atoms with Gasteiger partial charge in [-0.25, -0.2) is 9.37 Å². The molecule has 4 heterocycles. The molecule has 3 aliphatic rings. The van der Waals surface area contributed by atoms with E-state index in [0.717, 1.165) is 11.1 Å². The van der Waals surface area contributed by atoms with Crippen molar-refractivity contribution in [1.82, 2.24) is 14.9 Å². The maximum atomic E-state index is 14.9. The monoisotopic (exact) mass is 555 g/mol. The highest BCUT2D eigenvalue weighted by Gasteiger charge is 2.45. The van der Waals surface area contributed by atoms with Gasteiger partial charge < -0.3 is 24.8 Å². The molecule has 2 aliphatic heterocycles. The van der Waals surface area contributed by atoms with Crippen molar-refractivity contribution in [2.75, 3.05) is 0 Å². The number of carbonyl (C=O) groups excluding carboxylic acids is 1. The first-order valence-electron chi connectivity index (χ1n) is 13.4. The van der Waals surface area contributed by atoms with E-state index >= 15 is 0 Å². The molecule has 0 bridgehead atoms. The lowest BCUT2D eigenvalue weighted by molar-refractivity contribution is -0.236. The Balaban J connectivity index is 1.60. The Morgan fingerprint density at radius 2 is 2.05 bits per heavy atom. The van der Waals surface area contributed by atoms with Crippen molar-refractivity contribution in [3.63, 3.8) is 0 Å². The fraction of sp³-hybridized carbons (Fsp3) is 0.483. The number of nitrogens with one attached hydrogen (secondary N) is 1. The molecule has 6 rings (SSSR count). The number of halogens is 2. The van der Waals surface area contributed by atoms with Crippen molar-refractivity contribution < 1.29 is 24.1 Å². The minimum absolute atomic E-state index is 0.0492. The highest BCUT2D eigenvalue weighted by atomic mass is 35.5. The van der Waals surface area contributed by atoms with Crippen LogP contribution in [0, 0.1) is 17.7 Å². The third kappa shape index (κ3) is 3.70. The normalized spacial score (nSPS) is 23.9. The standard InChI is InChI=1S/C29H31ClFN3O5/c1-5-29(38)17-8-21-25-15(10-34(21)27(36)16(17)11-39-28(29)37)23-19(33-26(35)13(4)12(2)3)7-6-14-22(23)20(32-25)9-18(31)24(14)30/h8-9,12-13,19,28,37-38H,5-7,10-11H2,1-4H3,(H,33,35)/t13-,19-,28?,29-/m0/s1. The van der Waals surface area contributed by atoms with Crippen LogP contribution < -0.4 is 10.9 Å². The highest BCUT2D eigenvalue weighted by Crippen LogP contribution is 2.47. The van der Waals surface area contributed by atoms with Crippen LogP contribution in [0.25, 0.3) is 22.3 Å². The molecule has 1 unspecified atom stereocenters. The maximum Gasteiger partial charge on any atom is 0.257 e. The SMILES string of the molecule is CC[C@]1(O)c2cc3n(c(=O)c2COC1O)Cc1c-3nc2cc(F)c(Cl)c3c2c1[C@@H](NC(=O)[C@@H](C)C(C)C)CC3. The summed E-state index contributed by atoms with van der Waals surface area (Å²) in [6.45, 7) is 7.65. The number of benzene rings is 1. The molecule has 8 nitrogen and oxygen atoms in total. The Kier molecular flexibility index (Phi) is 6.15. The smallest absolute Gasteiger partial charge is 0.257 e. The fourth-order valence-electron chi connectivity index (χ4n) is 6.22. The zero-order chi connectivity index (χ0) is 28.0. The molecule has 0 saturated carbocycles. The van der Waals surface area contributed by atoms with Gasteiger partial charge in [0, 0.05) is 34.1 Å². The summed E-state index contributed by atoms with van der Waals surface area (Å²) in [5, 5.41) is 25.7. The number of carbonyl (C=O) groups is 1. The van der Waals surface area contributed by atoms with Crippen LogP contribution in [0.15, 0.2) is 16.9 Å². The first kappa shape index (κ1) is 26.4. The van der Waals surface area contributed by atoms with E-state index in [1.165, 1.54) is 6.07 Å². The number of hydrogen-bond donors (Lipinski definition) is 3. The Hall–Kier alpha value is -2.85. The molecule has 3 aromatic rings. The number of pyridine rings is 2. The summed E-state index contributed by atoms with van der Waals surface area (Å²) in [5.41, 5.74) is 2.05. The minimum Gasteiger partial charge on any atom is -0.380 e. The van der Waals surface area contributed by atoms with Crippen LogP contribution >= 0.6 is 11.6 Å². The molecule has 0 saturated heterocycles. The van der Waals surface area contributed by atoms with Crippen molar-refractivity contribution in [2.24, 2.45) is 11.8 Å². The Morgan fingerprint density at radius 3 is 2.74 bits per heavy atom. The summed E-state index contributed by atoms with van der Waals surface area (Å²) in [4.78, 5) is 31.7. The van der Waals surface area contributed by atoms with Gasteiger partial charge in [0.15, 0.2) is 6.29 Å². The van der Waals surface area contributed by atoms with Gasteiger partial charge in [-0.2, -0.15) is 0 Å². The van der Waals surface area contributed by atoms with E-state index in [2.05, 4.69) is 5.32 Å². The van der Waals surface area contributed by atoms with Gasteiger partial charge in [0.05, 0.1) is 41.1 Å². The third-order valence-corrected chi connectivity index (χ3v) is 9.34. The number of aromatic nitrogens is 2. The summed E-state index contributed by atoms with van der Waals surface area (Å²) in [6.07, 6.45) is -0.356. The van der Waals surface area contributed by atoms with Gasteiger partial charge in [-0.15, -0.1) is 0 Å². The zero-order valence-corrected chi connectivity index (χ0v) is 23.0. The number of ether oxygens (including phenoxy) is 1. The molecule has 0 radical (unpaired) electrons. The van der Waals surface area contributed by atoms with E-state index < -0.39 is 17.7 Å². The lowest BCUT2D eigenvalue weighted by Gasteiger charge is -2.37. The number of aliphatic hydroxyl groups excluding tert-OH is 1. The summed E-state index contributed by atoms with van der Waals surface area (Å²) in [7, 11) is 0. The van der Waals surface area contributed by atoms with Crippen LogP contribution in [-0.2, 0) is 34.7 Å². The van der Waals surface area contributed by atoms with Gasteiger partial charge in [-0.1, -0.05) is 39.3 Å². The minimum atomic E-state index is -1.76. The lowest BCUT2D eigenvalue weighted by atomic mass is 9.82. The summed E-state index contributed by atoms with van der Waals surface area (Å²) in [6, 6.07) is 2.61. The van der Waals surface area contributed by atoms with Crippen molar-refractivity contribution in [2.45, 2.75) is 78.0 Å². The van der Waals surface area contributed by atoms with Gasteiger partial charge >= 0.3 is 0 Å². The summed E-state index contributed by atoms with van der Waals surface area (Å²) < 4.78 is 21.8. The zero-order valence-electron chi connectivity index (χ0n) is 22.3. The predicted molar refractivity (Wildman–Crippen MR) is 144 cm³/mol. The molecular weight excluding hydrogens is 525 g/mol. The van der Waals surface area contributed by atoms with Crippen molar-refractivity contribution in [3.05, 3.63) is 61.1 Å². The first-order chi connectivity index (χ1) is 18.5. The van der Waals surface area contributed by atoms with E-state index in [4.69, 9.17) is 21.3 Å². The van der Waals surface area contributed by atoms with E-state index in [9.17, 15) is 24.2 Å². The molecule has 2 aromatic heterocycles. The second-order valence-corrected chi connectivity index (χ2v) is 11.7. The fourth-order valence-corrected chi connectivity index (χ4v) is 6.46. The third-order valence-electron chi connectivity index (χ3n) is 8.93. The van der Waals surface area contributed by atoms with Crippen molar-refractivity contribution in [1.29, 1.82) is 0 Å². The number of aliphatic hydroxyl groups is 2. The molecule has 4 atom stereocenters. The molecular formula is C29H31ClFN3O5. The topological polar surface area (TPSA) is 114 Å². The van der Waals surface area contributed by atoms with Crippen LogP contribution in [0.5, 0.6) is 0 Å². The number of amides is 1. The average molecular weight is 556 g/mol. The number of hydrogen-bond acceptors (Lipinski definition) is 6. The van der Waals surface area contributed by atoms with Crippen molar-refractivity contribution in [3.8, 4) is 11.4 Å². The average Bonchev–Trinajstić information content (AvgIpc) is 3.28. The number of fused-ring (bicyclic) bond motifs is 5. The van der Waals surface area contributed by atoms with Crippen LogP contribution in [-0.4, -0.2) is 32.0 Å². The Morgan fingerprint density at radius 1 is 1.31 bits per heavy atom. The van der Waals surface area contributed by atoms with E-state index in [1.54, 1.807) is 17.6 Å². The molecule has 206 valence electrons. The van der Waals surface area contributed by atoms with Gasteiger partial charge in [-0.05, 0) is 42.4 Å². The quantitative estimate of drug-likeness (QED) is 0.350. The van der Waals surface area contributed by atoms with Gasteiger partial charge in [-0.3, -0.25) is 9.59 Å². The molecule has 39 heavy (non-hydrogen) atoms. The number of rotatable bonds is 4. The maximum absolute atomic E-state index is 14.9. The molecule has 10 heteroatoms. The first-order valence-corrected chi connectivity index (χ1v) is 13.8. The molecule has 1 aromatic carbocycles. The van der Waals surface area contributed by atoms with E-state index in [0.29, 0.717) is 46.3 Å². The predicted octanol–water partition coefficient (Wildman–Crippen LogP) is 4.06. The summed E-state index contributed by atoms with van der Waals surface area (Å²) in [5.74, 6) is -0.711.